The maximum absolute atomic E-state index is 11.6. The van der Waals surface area contributed by atoms with Gasteiger partial charge >= 0.3 is 5.97 Å². The zero-order valence-electron chi connectivity index (χ0n) is 15.5. The van der Waals surface area contributed by atoms with Crippen molar-refractivity contribution in [3.63, 3.8) is 0 Å². The van der Waals surface area contributed by atoms with Gasteiger partial charge in [-0.2, -0.15) is 0 Å². The highest BCUT2D eigenvalue weighted by atomic mass is 16.5. The van der Waals surface area contributed by atoms with E-state index in [0.29, 0.717) is 13.0 Å². The molecule has 0 aromatic carbocycles. The second-order valence-electron chi connectivity index (χ2n) is 7.04. The Morgan fingerprint density at radius 2 is 1.32 bits per heavy atom. The largest absolute Gasteiger partial charge is 0.466 e. The molecule has 0 radical (unpaired) electrons. The van der Waals surface area contributed by atoms with Gasteiger partial charge in [0, 0.05) is 6.42 Å². The molecule has 2 nitrogen and oxygen atoms in total. The Morgan fingerprint density at radius 1 is 0.773 bits per heavy atom. The summed E-state index contributed by atoms with van der Waals surface area (Å²) in [6, 6.07) is 0. The summed E-state index contributed by atoms with van der Waals surface area (Å²) in [5.41, 5.74) is 0. The van der Waals surface area contributed by atoms with Crippen molar-refractivity contribution in [2.24, 2.45) is 5.92 Å². The molecule has 0 fully saturated rings. The van der Waals surface area contributed by atoms with Crippen LogP contribution in [0.1, 0.15) is 111 Å². The Bertz CT molecular complexity index is 236. The molecule has 0 aromatic rings. The van der Waals surface area contributed by atoms with Gasteiger partial charge in [0.05, 0.1) is 6.61 Å². The Morgan fingerprint density at radius 3 is 1.86 bits per heavy atom. The van der Waals surface area contributed by atoms with E-state index in [1.165, 1.54) is 70.6 Å². The smallest absolute Gasteiger partial charge is 0.305 e. The van der Waals surface area contributed by atoms with Crippen LogP contribution in [0.4, 0.5) is 0 Å². The molecule has 0 bridgehead atoms. The third-order valence-electron chi connectivity index (χ3n) is 4.17. The molecule has 2 heteroatoms. The molecule has 0 unspecified atom stereocenters. The predicted octanol–water partition coefficient (Wildman–Crippen LogP) is 6.67. The summed E-state index contributed by atoms with van der Waals surface area (Å²) in [7, 11) is 0. The molecule has 22 heavy (non-hydrogen) atoms. The lowest BCUT2D eigenvalue weighted by molar-refractivity contribution is -0.143. The summed E-state index contributed by atoms with van der Waals surface area (Å²) in [5.74, 6) is 0.756. The second-order valence-corrected chi connectivity index (χ2v) is 7.04. The lowest BCUT2D eigenvalue weighted by Crippen LogP contribution is -2.05. The van der Waals surface area contributed by atoms with E-state index in [2.05, 4.69) is 20.8 Å². The number of hydrogen-bond donors (Lipinski definition) is 0. The monoisotopic (exact) mass is 312 g/mol. The molecular weight excluding hydrogens is 272 g/mol. The molecule has 0 atom stereocenters. The minimum Gasteiger partial charge on any atom is -0.466 e. The molecule has 0 saturated heterocycles. The average molecular weight is 313 g/mol. The first-order valence-corrected chi connectivity index (χ1v) is 9.82. The third kappa shape index (κ3) is 17.5. The Balaban J connectivity index is 3.15. The first-order valence-electron chi connectivity index (χ1n) is 9.82. The summed E-state index contributed by atoms with van der Waals surface area (Å²) in [6.07, 6.45) is 17.1. The van der Waals surface area contributed by atoms with E-state index in [4.69, 9.17) is 4.74 Å². The van der Waals surface area contributed by atoms with Crippen molar-refractivity contribution in [2.45, 2.75) is 111 Å². The molecule has 0 heterocycles. The standard InChI is InChI=1S/C20H40O2/c1-4-5-6-7-8-9-10-11-12-13-17-20(21)22-18-15-14-16-19(2)3/h19H,4-18H2,1-3H3. The van der Waals surface area contributed by atoms with Gasteiger partial charge in [0.15, 0.2) is 0 Å². The van der Waals surface area contributed by atoms with Crippen LogP contribution in [0.15, 0.2) is 0 Å². The minimum absolute atomic E-state index is 0.00381. The summed E-state index contributed by atoms with van der Waals surface area (Å²) in [6.45, 7) is 7.34. The first kappa shape index (κ1) is 21.5. The maximum Gasteiger partial charge on any atom is 0.305 e. The van der Waals surface area contributed by atoms with Crippen LogP contribution in [0.2, 0.25) is 0 Å². The Hall–Kier alpha value is -0.530. The Labute approximate surface area is 139 Å². The minimum atomic E-state index is 0.00381. The van der Waals surface area contributed by atoms with Crippen LogP contribution in [0.25, 0.3) is 0 Å². The number of carbonyl (C=O) groups is 1. The van der Waals surface area contributed by atoms with Crippen LogP contribution in [-0.4, -0.2) is 12.6 Å². The quantitative estimate of drug-likeness (QED) is 0.235. The van der Waals surface area contributed by atoms with Crippen LogP contribution in [-0.2, 0) is 9.53 Å². The number of rotatable bonds is 16. The van der Waals surface area contributed by atoms with Gasteiger partial charge in [0.25, 0.3) is 0 Å². The lowest BCUT2D eigenvalue weighted by Gasteiger charge is -2.06. The average Bonchev–Trinajstić information content (AvgIpc) is 2.48. The number of ether oxygens (including phenoxy) is 1. The number of hydrogen-bond acceptors (Lipinski definition) is 2. The second kappa shape index (κ2) is 16.8. The van der Waals surface area contributed by atoms with Crippen molar-refractivity contribution in [3.05, 3.63) is 0 Å². The Kier molecular flexibility index (Phi) is 16.4. The van der Waals surface area contributed by atoms with Crippen molar-refractivity contribution >= 4 is 5.97 Å². The predicted molar refractivity (Wildman–Crippen MR) is 96.1 cm³/mol. The molecule has 0 N–H and O–H groups in total. The van der Waals surface area contributed by atoms with Gasteiger partial charge in [-0.25, -0.2) is 0 Å². The first-order chi connectivity index (χ1) is 10.7. The normalized spacial score (nSPS) is 11.1. The molecule has 0 spiro atoms. The zero-order valence-corrected chi connectivity index (χ0v) is 15.5. The van der Waals surface area contributed by atoms with E-state index in [-0.39, 0.29) is 5.97 Å². The fraction of sp³-hybridized carbons (Fsp3) is 0.950. The van der Waals surface area contributed by atoms with E-state index in [1.807, 2.05) is 0 Å². The van der Waals surface area contributed by atoms with E-state index < -0.39 is 0 Å². The van der Waals surface area contributed by atoms with Crippen molar-refractivity contribution in [3.8, 4) is 0 Å². The molecular formula is C20H40O2. The number of carbonyl (C=O) groups excluding carboxylic acids is 1. The number of esters is 1. The van der Waals surface area contributed by atoms with Crippen molar-refractivity contribution in [2.75, 3.05) is 6.61 Å². The molecule has 0 aliphatic rings. The summed E-state index contributed by atoms with van der Waals surface area (Å²) in [5, 5.41) is 0. The topological polar surface area (TPSA) is 26.3 Å². The van der Waals surface area contributed by atoms with Gasteiger partial charge < -0.3 is 4.74 Å². The van der Waals surface area contributed by atoms with E-state index >= 15 is 0 Å². The highest BCUT2D eigenvalue weighted by molar-refractivity contribution is 5.69. The van der Waals surface area contributed by atoms with Crippen LogP contribution in [0.3, 0.4) is 0 Å². The fourth-order valence-corrected chi connectivity index (χ4v) is 2.67. The number of unbranched alkanes of at least 4 members (excludes halogenated alkanes) is 10. The van der Waals surface area contributed by atoms with Crippen molar-refractivity contribution < 1.29 is 9.53 Å². The zero-order chi connectivity index (χ0) is 16.5. The van der Waals surface area contributed by atoms with Crippen LogP contribution in [0.5, 0.6) is 0 Å². The van der Waals surface area contributed by atoms with Crippen molar-refractivity contribution in [1.82, 2.24) is 0 Å². The highest BCUT2D eigenvalue weighted by Gasteiger charge is 2.02. The molecule has 0 aliphatic heterocycles. The highest BCUT2D eigenvalue weighted by Crippen LogP contribution is 2.11. The van der Waals surface area contributed by atoms with Gasteiger partial charge in [0.1, 0.15) is 0 Å². The van der Waals surface area contributed by atoms with Gasteiger partial charge in [-0.3, -0.25) is 4.79 Å². The molecule has 132 valence electrons. The lowest BCUT2D eigenvalue weighted by atomic mass is 10.1. The maximum atomic E-state index is 11.6. The van der Waals surface area contributed by atoms with Crippen LogP contribution < -0.4 is 0 Å². The molecule has 0 rings (SSSR count). The SMILES string of the molecule is CCCCCCCCCCCCC(=O)OCCCCC(C)C. The van der Waals surface area contributed by atoms with E-state index in [0.717, 1.165) is 18.8 Å². The molecule has 0 aliphatic carbocycles. The van der Waals surface area contributed by atoms with E-state index in [1.54, 1.807) is 0 Å². The van der Waals surface area contributed by atoms with Gasteiger partial charge in [-0.05, 0) is 25.2 Å². The van der Waals surface area contributed by atoms with Gasteiger partial charge in [-0.15, -0.1) is 0 Å². The fourth-order valence-electron chi connectivity index (χ4n) is 2.67. The molecule has 0 aromatic heterocycles. The van der Waals surface area contributed by atoms with Gasteiger partial charge in [-0.1, -0.05) is 85.0 Å². The van der Waals surface area contributed by atoms with Crippen LogP contribution >= 0.6 is 0 Å². The molecule has 0 amide bonds. The van der Waals surface area contributed by atoms with Crippen LogP contribution in [0, 0.1) is 5.92 Å². The summed E-state index contributed by atoms with van der Waals surface area (Å²) in [4.78, 5) is 11.6. The van der Waals surface area contributed by atoms with Crippen molar-refractivity contribution in [1.29, 1.82) is 0 Å². The summed E-state index contributed by atoms with van der Waals surface area (Å²) < 4.78 is 5.27. The third-order valence-corrected chi connectivity index (χ3v) is 4.17. The van der Waals surface area contributed by atoms with Gasteiger partial charge in [0.2, 0.25) is 0 Å². The summed E-state index contributed by atoms with van der Waals surface area (Å²) >= 11 is 0. The molecule has 0 saturated carbocycles. The van der Waals surface area contributed by atoms with E-state index in [9.17, 15) is 4.79 Å².